The lowest BCUT2D eigenvalue weighted by Gasteiger charge is -2.26. The first kappa shape index (κ1) is 18.8. The van der Waals surface area contributed by atoms with Gasteiger partial charge in [0.15, 0.2) is 0 Å². The zero-order valence-corrected chi connectivity index (χ0v) is 16.8. The summed E-state index contributed by atoms with van der Waals surface area (Å²) in [4.78, 5) is 28.0. The zero-order chi connectivity index (χ0) is 21.4. The molecule has 0 atom stereocenters. The van der Waals surface area contributed by atoms with Crippen molar-refractivity contribution in [1.82, 2.24) is 4.57 Å². The maximum absolute atomic E-state index is 13.7. The van der Waals surface area contributed by atoms with Crippen LogP contribution in [-0.4, -0.2) is 10.5 Å². The average molecular weight is 405 g/mol. The number of aromatic nitrogens is 1. The Morgan fingerprint density at radius 3 is 2.10 bits per heavy atom. The van der Waals surface area contributed by atoms with Gasteiger partial charge >= 0.3 is 0 Å². The quantitative estimate of drug-likeness (QED) is 0.498. The number of hydrogen-bond acceptors (Lipinski definition) is 3. The van der Waals surface area contributed by atoms with E-state index < -0.39 is 0 Å². The molecule has 31 heavy (non-hydrogen) atoms. The van der Waals surface area contributed by atoms with Crippen LogP contribution in [0, 0.1) is 11.3 Å². The molecule has 1 aromatic heterocycles. The maximum atomic E-state index is 13.7. The van der Waals surface area contributed by atoms with Crippen LogP contribution in [0.2, 0.25) is 0 Å². The molecule has 0 unspecified atom stereocenters. The highest BCUT2D eigenvalue weighted by atomic mass is 16.2. The number of rotatable bonds is 2. The minimum atomic E-state index is -0.313. The highest BCUT2D eigenvalue weighted by Gasteiger charge is 2.26. The van der Waals surface area contributed by atoms with E-state index in [1.807, 2.05) is 48.5 Å². The number of fused-ring (bicyclic) bond motifs is 3. The number of carbonyl (C=O) groups excluding carboxylic acids is 1. The average Bonchev–Trinajstić information content (AvgIpc) is 2.98. The smallest absolute Gasteiger partial charge is 0.251 e. The third kappa shape index (κ3) is 3.19. The molecule has 0 saturated carbocycles. The molecule has 1 aliphatic rings. The number of carbonyl (C=O) groups is 1. The summed E-state index contributed by atoms with van der Waals surface area (Å²) in [6.45, 7) is 0.0120. The standard InChI is InChI=1S/C26H19N3O2/c27-15-20-16-28(24-12-6-3-9-21(24)26(20)31)17-25(30)29-22-10-4-1-7-18(22)13-14-19-8-2-5-11-23(19)29/h1-12,16H,13-14,17H2. The van der Waals surface area contributed by atoms with Crippen LogP contribution < -0.4 is 10.3 Å². The van der Waals surface area contributed by atoms with Crippen LogP contribution in [0.5, 0.6) is 0 Å². The van der Waals surface area contributed by atoms with E-state index >= 15 is 0 Å². The summed E-state index contributed by atoms with van der Waals surface area (Å²) in [6.07, 6.45) is 3.20. The number of amides is 1. The van der Waals surface area contributed by atoms with Crippen molar-refractivity contribution in [3.63, 3.8) is 0 Å². The molecule has 0 spiro atoms. The highest BCUT2D eigenvalue weighted by Crippen LogP contribution is 2.36. The predicted molar refractivity (Wildman–Crippen MR) is 120 cm³/mol. The number of benzene rings is 3. The van der Waals surface area contributed by atoms with Crippen LogP contribution in [0.15, 0.2) is 83.8 Å². The van der Waals surface area contributed by atoms with Crippen LogP contribution in [-0.2, 0) is 24.2 Å². The largest absolute Gasteiger partial charge is 0.336 e. The van der Waals surface area contributed by atoms with E-state index in [1.165, 1.54) is 6.20 Å². The monoisotopic (exact) mass is 405 g/mol. The van der Waals surface area contributed by atoms with E-state index in [2.05, 4.69) is 12.1 Å². The summed E-state index contributed by atoms with van der Waals surface area (Å²) in [5, 5.41) is 9.86. The van der Waals surface area contributed by atoms with Gasteiger partial charge in [-0.25, -0.2) is 0 Å². The Bertz CT molecular complexity index is 1380. The van der Waals surface area contributed by atoms with Crippen molar-refractivity contribution in [2.75, 3.05) is 4.90 Å². The molecule has 0 bridgehead atoms. The molecular formula is C26H19N3O2. The van der Waals surface area contributed by atoms with Gasteiger partial charge in [0.25, 0.3) is 5.91 Å². The molecule has 0 fully saturated rings. The molecule has 5 nitrogen and oxygen atoms in total. The van der Waals surface area contributed by atoms with Crippen LogP contribution >= 0.6 is 0 Å². The van der Waals surface area contributed by atoms with Crippen LogP contribution in [0.4, 0.5) is 11.4 Å². The van der Waals surface area contributed by atoms with Crippen molar-refractivity contribution in [3.8, 4) is 6.07 Å². The summed E-state index contributed by atoms with van der Waals surface area (Å²) in [5.74, 6) is -0.125. The number of aryl methyl sites for hydroxylation is 2. The topological polar surface area (TPSA) is 66.1 Å². The number of para-hydroxylation sites is 3. The molecule has 150 valence electrons. The van der Waals surface area contributed by atoms with Gasteiger partial charge in [0.2, 0.25) is 5.43 Å². The Kier molecular flexibility index (Phi) is 4.61. The van der Waals surface area contributed by atoms with E-state index in [1.54, 1.807) is 27.7 Å². The Labute approximate surface area is 179 Å². The van der Waals surface area contributed by atoms with Gasteiger partial charge in [0.05, 0.1) is 16.9 Å². The van der Waals surface area contributed by atoms with Gasteiger partial charge in [0.1, 0.15) is 18.2 Å². The third-order valence-corrected chi connectivity index (χ3v) is 5.79. The van der Waals surface area contributed by atoms with Gasteiger partial charge in [-0.05, 0) is 48.2 Å². The zero-order valence-electron chi connectivity index (χ0n) is 16.8. The van der Waals surface area contributed by atoms with Crippen molar-refractivity contribution in [1.29, 1.82) is 5.26 Å². The lowest BCUT2D eigenvalue weighted by molar-refractivity contribution is -0.118. The Hall–Kier alpha value is -4.17. The molecule has 0 N–H and O–H groups in total. The van der Waals surface area contributed by atoms with Crippen molar-refractivity contribution >= 4 is 28.2 Å². The molecule has 3 aromatic carbocycles. The maximum Gasteiger partial charge on any atom is 0.251 e. The summed E-state index contributed by atoms with van der Waals surface area (Å²) >= 11 is 0. The fourth-order valence-corrected chi connectivity index (χ4v) is 4.32. The Balaban J connectivity index is 1.65. The van der Waals surface area contributed by atoms with Gasteiger partial charge in [-0.2, -0.15) is 5.26 Å². The second-order valence-electron chi connectivity index (χ2n) is 7.62. The van der Waals surface area contributed by atoms with Crippen molar-refractivity contribution in [2.45, 2.75) is 19.4 Å². The van der Waals surface area contributed by atoms with Crippen LogP contribution in [0.1, 0.15) is 16.7 Å². The van der Waals surface area contributed by atoms with Crippen molar-refractivity contribution in [2.24, 2.45) is 0 Å². The molecule has 1 aliphatic heterocycles. The summed E-state index contributed by atoms with van der Waals surface area (Å²) in [5.41, 5.74) is 4.35. The number of pyridine rings is 1. The molecule has 1 amide bonds. The molecule has 5 heteroatoms. The fraction of sp³-hybridized carbons (Fsp3) is 0.115. The summed E-state index contributed by atoms with van der Waals surface area (Å²) < 4.78 is 1.70. The van der Waals surface area contributed by atoms with E-state index in [0.29, 0.717) is 10.9 Å². The number of hydrogen-bond donors (Lipinski definition) is 0. The van der Waals surface area contributed by atoms with Gasteiger partial charge in [-0.1, -0.05) is 48.5 Å². The predicted octanol–water partition coefficient (Wildman–Crippen LogP) is 4.34. The summed E-state index contributed by atoms with van der Waals surface area (Å²) in [6, 6.07) is 25.0. The number of anilines is 2. The molecule has 0 radical (unpaired) electrons. The van der Waals surface area contributed by atoms with Gasteiger partial charge < -0.3 is 4.57 Å². The van der Waals surface area contributed by atoms with Gasteiger partial charge in [-0.3, -0.25) is 14.5 Å². The molecule has 4 aromatic rings. The van der Waals surface area contributed by atoms with E-state index in [9.17, 15) is 14.9 Å². The normalized spacial score (nSPS) is 12.5. The molecular weight excluding hydrogens is 386 g/mol. The second kappa shape index (κ2) is 7.58. The highest BCUT2D eigenvalue weighted by molar-refractivity contribution is 6.02. The molecule has 0 aliphatic carbocycles. The Morgan fingerprint density at radius 2 is 1.45 bits per heavy atom. The molecule has 2 heterocycles. The van der Waals surface area contributed by atoms with Crippen molar-refractivity contribution < 1.29 is 4.79 Å². The van der Waals surface area contributed by atoms with Gasteiger partial charge in [0, 0.05) is 11.6 Å². The Morgan fingerprint density at radius 1 is 0.871 bits per heavy atom. The molecule has 5 rings (SSSR count). The fourth-order valence-electron chi connectivity index (χ4n) is 4.32. The lowest BCUT2D eigenvalue weighted by Crippen LogP contribution is -2.31. The first-order valence-electron chi connectivity index (χ1n) is 10.2. The van der Waals surface area contributed by atoms with Crippen LogP contribution in [0.25, 0.3) is 10.9 Å². The van der Waals surface area contributed by atoms with Crippen molar-refractivity contribution in [3.05, 3.63) is 106 Å². The van der Waals surface area contributed by atoms with Crippen LogP contribution in [0.3, 0.4) is 0 Å². The second-order valence-corrected chi connectivity index (χ2v) is 7.62. The molecule has 0 saturated heterocycles. The minimum Gasteiger partial charge on any atom is -0.336 e. The van der Waals surface area contributed by atoms with E-state index in [4.69, 9.17) is 0 Å². The number of nitriles is 1. The van der Waals surface area contributed by atoms with E-state index in [-0.39, 0.29) is 23.4 Å². The van der Waals surface area contributed by atoms with E-state index in [0.717, 1.165) is 35.3 Å². The number of nitrogens with zero attached hydrogens (tertiary/aromatic N) is 3. The summed E-state index contributed by atoms with van der Waals surface area (Å²) in [7, 11) is 0. The minimum absolute atomic E-state index is 0.0120. The van der Waals surface area contributed by atoms with Gasteiger partial charge in [-0.15, -0.1) is 0 Å². The SMILES string of the molecule is N#Cc1cn(CC(=O)N2c3ccccc3CCc3ccccc32)c2ccccc2c1=O. The first-order valence-corrected chi connectivity index (χ1v) is 10.2. The lowest BCUT2D eigenvalue weighted by atomic mass is 10.0. The first-order chi connectivity index (χ1) is 15.2. The third-order valence-electron chi connectivity index (χ3n) is 5.79.